The van der Waals surface area contributed by atoms with Gasteiger partial charge in [-0.05, 0) is 37.8 Å². The number of carbonyl (C=O) groups excluding carboxylic acids is 2. The van der Waals surface area contributed by atoms with E-state index < -0.39 is 0 Å². The monoisotopic (exact) mass is 316 g/mol. The van der Waals surface area contributed by atoms with Crippen LogP contribution in [0.1, 0.15) is 35.2 Å². The van der Waals surface area contributed by atoms with Gasteiger partial charge in [0.05, 0.1) is 0 Å². The molecule has 2 fully saturated rings. The molecule has 0 bridgehead atoms. The number of amides is 2. The van der Waals surface area contributed by atoms with Crippen LogP contribution in [0.15, 0.2) is 24.3 Å². The van der Waals surface area contributed by atoms with E-state index in [2.05, 4.69) is 0 Å². The maximum absolute atomic E-state index is 12.7. The van der Waals surface area contributed by atoms with Crippen molar-refractivity contribution in [1.82, 2.24) is 9.80 Å². The van der Waals surface area contributed by atoms with Gasteiger partial charge in [0.2, 0.25) is 0 Å². The summed E-state index contributed by atoms with van der Waals surface area (Å²) in [5.74, 6) is 0.155. The molecular weight excluding hydrogens is 292 g/mol. The smallest absolute Gasteiger partial charge is 0.254 e. The van der Waals surface area contributed by atoms with E-state index in [4.69, 9.17) is 4.74 Å². The number of benzene rings is 1. The Morgan fingerprint density at radius 3 is 2.52 bits per heavy atom. The molecule has 1 atom stereocenters. The largest absolute Gasteiger partial charge is 0.368 e. The lowest BCUT2D eigenvalue weighted by atomic mass is 10.1. The predicted octanol–water partition coefficient (Wildman–Crippen LogP) is 1.85. The van der Waals surface area contributed by atoms with Gasteiger partial charge in [0.25, 0.3) is 11.8 Å². The van der Waals surface area contributed by atoms with Crippen molar-refractivity contribution in [2.45, 2.75) is 32.3 Å². The number of rotatable bonds is 2. The fourth-order valence-electron chi connectivity index (χ4n) is 3.30. The van der Waals surface area contributed by atoms with Crippen molar-refractivity contribution >= 4 is 11.8 Å². The zero-order chi connectivity index (χ0) is 16.2. The van der Waals surface area contributed by atoms with Crippen LogP contribution in [0.2, 0.25) is 0 Å². The molecule has 5 nitrogen and oxygen atoms in total. The van der Waals surface area contributed by atoms with Gasteiger partial charge in [0.15, 0.2) is 0 Å². The van der Waals surface area contributed by atoms with Crippen molar-refractivity contribution in [1.29, 1.82) is 0 Å². The van der Waals surface area contributed by atoms with Crippen LogP contribution in [0.5, 0.6) is 0 Å². The zero-order valence-corrected chi connectivity index (χ0v) is 13.7. The van der Waals surface area contributed by atoms with Crippen molar-refractivity contribution in [3.63, 3.8) is 0 Å². The molecule has 23 heavy (non-hydrogen) atoms. The summed E-state index contributed by atoms with van der Waals surface area (Å²) in [6.07, 6.45) is 2.33. The maximum Gasteiger partial charge on any atom is 0.254 e. The number of ether oxygens (including phenoxy) is 1. The van der Waals surface area contributed by atoms with Gasteiger partial charge in [0.1, 0.15) is 6.10 Å². The first-order valence-electron chi connectivity index (χ1n) is 8.42. The molecule has 0 radical (unpaired) electrons. The summed E-state index contributed by atoms with van der Waals surface area (Å²) < 4.78 is 5.50. The number of nitrogens with zero attached hydrogens (tertiary/aromatic N) is 2. The van der Waals surface area contributed by atoms with Crippen LogP contribution in [0.3, 0.4) is 0 Å². The Morgan fingerprint density at radius 2 is 1.78 bits per heavy atom. The fourth-order valence-corrected chi connectivity index (χ4v) is 3.30. The quantitative estimate of drug-likeness (QED) is 0.837. The molecule has 1 aromatic rings. The molecule has 1 aromatic carbocycles. The number of hydrogen-bond acceptors (Lipinski definition) is 3. The molecule has 5 heteroatoms. The second-order valence-electron chi connectivity index (χ2n) is 6.29. The van der Waals surface area contributed by atoms with Gasteiger partial charge >= 0.3 is 0 Å². The lowest BCUT2D eigenvalue weighted by Crippen LogP contribution is -2.41. The average molecular weight is 316 g/mol. The third-order valence-electron chi connectivity index (χ3n) is 4.68. The first-order chi connectivity index (χ1) is 11.2. The summed E-state index contributed by atoms with van der Waals surface area (Å²) in [6.45, 7) is 5.22. The molecular formula is C18H24N2O3. The van der Waals surface area contributed by atoms with Gasteiger partial charge in [-0.1, -0.05) is 18.2 Å². The summed E-state index contributed by atoms with van der Waals surface area (Å²) in [6, 6.07) is 7.66. The van der Waals surface area contributed by atoms with E-state index in [1.54, 1.807) is 0 Å². The number of hydrogen-bond donors (Lipinski definition) is 0. The van der Waals surface area contributed by atoms with Crippen LogP contribution in [0.4, 0.5) is 0 Å². The van der Waals surface area contributed by atoms with Crippen molar-refractivity contribution < 1.29 is 14.3 Å². The topological polar surface area (TPSA) is 49.9 Å². The Bertz CT molecular complexity index is 581. The Morgan fingerprint density at radius 1 is 1.04 bits per heavy atom. The average Bonchev–Trinajstić information content (AvgIpc) is 2.98. The Balaban J connectivity index is 1.63. The highest BCUT2D eigenvalue weighted by Gasteiger charge is 2.30. The summed E-state index contributed by atoms with van der Waals surface area (Å²) in [5.41, 5.74) is 1.75. The number of carbonyl (C=O) groups is 2. The molecule has 124 valence electrons. The van der Waals surface area contributed by atoms with Crippen LogP contribution in [-0.4, -0.2) is 60.5 Å². The van der Waals surface area contributed by atoms with E-state index >= 15 is 0 Å². The lowest BCUT2D eigenvalue weighted by Gasteiger charge is -2.24. The van der Waals surface area contributed by atoms with Crippen LogP contribution >= 0.6 is 0 Å². The summed E-state index contributed by atoms with van der Waals surface area (Å²) in [7, 11) is 0. The second-order valence-corrected chi connectivity index (χ2v) is 6.29. The normalized spacial score (nSPS) is 22.0. The highest BCUT2D eigenvalue weighted by Crippen LogP contribution is 2.17. The minimum atomic E-state index is -0.270. The molecule has 2 aliphatic rings. The van der Waals surface area contributed by atoms with E-state index in [9.17, 15) is 9.59 Å². The SMILES string of the molecule is Cc1ccccc1C(=O)N1CCCN(C(=O)C2CCCO2)CC1. The Kier molecular flexibility index (Phi) is 4.96. The second kappa shape index (κ2) is 7.13. The van der Waals surface area contributed by atoms with Gasteiger partial charge in [-0.2, -0.15) is 0 Å². The van der Waals surface area contributed by atoms with E-state index in [0.29, 0.717) is 32.8 Å². The molecule has 3 rings (SSSR count). The van der Waals surface area contributed by atoms with Crippen LogP contribution < -0.4 is 0 Å². The Hall–Kier alpha value is -1.88. The highest BCUT2D eigenvalue weighted by atomic mass is 16.5. The lowest BCUT2D eigenvalue weighted by molar-refractivity contribution is -0.140. The summed E-state index contributed by atoms with van der Waals surface area (Å²) >= 11 is 0. The Labute approximate surface area is 137 Å². The van der Waals surface area contributed by atoms with Crippen LogP contribution in [-0.2, 0) is 9.53 Å². The standard InChI is InChI=1S/C18H24N2O3/c1-14-6-2-3-7-15(14)17(21)19-9-5-10-20(12-11-19)18(22)16-8-4-13-23-16/h2-3,6-7,16H,4-5,8-13H2,1H3. The molecule has 0 aromatic heterocycles. The molecule has 1 unspecified atom stereocenters. The van der Waals surface area contributed by atoms with Gasteiger partial charge in [0, 0.05) is 38.3 Å². The van der Waals surface area contributed by atoms with Crippen molar-refractivity contribution in [2.24, 2.45) is 0 Å². The molecule has 0 N–H and O–H groups in total. The molecule has 0 aliphatic carbocycles. The zero-order valence-electron chi connectivity index (χ0n) is 13.7. The molecule has 0 spiro atoms. The first kappa shape index (κ1) is 16.0. The van der Waals surface area contributed by atoms with E-state index in [1.807, 2.05) is 41.0 Å². The molecule has 2 heterocycles. The highest BCUT2D eigenvalue weighted by molar-refractivity contribution is 5.95. The number of aryl methyl sites for hydroxylation is 1. The van der Waals surface area contributed by atoms with Gasteiger partial charge in [-0.25, -0.2) is 0 Å². The molecule has 2 saturated heterocycles. The predicted molar refractivity (Wildman–Crippen MR) is 87.3 cm³/mol. The molecule has 2 amide bonds. The summed E-state index contributed by atoms with van der Waals surface area (Å²) in [5, 5.41) is 0. The van der Waals surface area contributed by atoms with Crippen molar-refractivity contribution in [3.8, 4) is 0 Å². The van der Waals surface area contributed by atoms with E-state index in [-0.39, 0.29) is 17.9 Å². The van der Waals surface area contributed by atoms with E-state index in [0.717, 1.165) is 30.4 Å². The minimum Gasteiger partial charge on any atom is -0.368 e. The minimum absolute atomic E-state index is 0.0644. The summed E-state index contributed by atoms with van der Waals surface area (Å²) in [4.78, 5) is 28.9. The van der Waals surface area contributed by atoms with Gasteiger partial charge in [-0.15, -0.1) is 0 Å². The van der Waals surface area contributed by atoms with Crippen molar-refractivity contribution in [2.75, 3.05) is 32.8 Å². The molecule has 0 saturated carbocycles. The van der Waals surface area contributed by atoms with Crippen LogP contribution in [0.25, 0.3) is 0 Å². The first-order valence-corrected chi connectivity index (χ1v) is 8.42. The fraction of sp³-hybridized carbons (Fsp3) is 0.556. The third-order valence-corrected chi connectivity index (χ3v) is 4.68. The third kappa shape index (κ3) is 3.55. The molecule has 2 aliphatic heterocycles. The van der Waals surface area contributed by atoms with Crippen LogP contribution in [0, 0.1) is 6.92 Å². The van der Waals surface area contributed by atoms with Gasteiger partial charge < -0.3 is 14.5 Å². The van der Waals surface area contributed by atoms with E-state index in [1.165, 1.54) is 0 Å². The maximum atomic E-state index is 12.7. The van der Waals surface area contributed by atoms with Gasteiger partial charge in [-0.3, -0.25) is 9.59 Å². The van der Waals surface area contributed by atoms with Crippen molar-refractivity contribution in [3.05, 3.63) is 35.4 Å².